The summed E-state index contributed by atoms with van der Waals surface area (Å²) in [4.78, 5) is 20.7. The maximum absolute atomic E-state index is 14.0. The highest BCUT2D eigenvalue weighted by Gasteiger charge is 2.22. The number of aryl methyl sites for hydroxylation is 2. The van der Waals surface area contributed by atoms with Gasteiger partial charge in [0.15, 0.2) is 5.96 Å². The maximum Gasteiger partial charge on any atom is 0.345 e. The fourth-order valence-corrected chi connectivity index (χ4v) is 4.24. The third kappa shape index (κ3) is 4.72. The number of piperazine rings is 1. The predicted octanol–water partition coefficient (Wildman–Crippen LogP) is 1.45. The number of halogens is 2. The first-order valence-corrected chi connectivity index (χ1v) is 10.9. The minimum Gasteiger partial charge on any atom is -0.366 e. The van der Waals surface area contributed by atoms with Gasteiger partial charge in [0.2, 0.25) is 0 Å². The average Bonchev–Trinajstić information content (AvgIpc) is 3.11. The zero-order valence-corrected chi connectivity index (χ0v) is 17.9. The van der Waals surface area contributed by atoms with Crippen molar-refractivity contribution in [1.29, 1.82) is 0 Å². The standard InChI is InChI=1S/C21H29F2N7O/c1-24-20(25-8-4-10-30-21(31)29-9-3-2-5-19(29)26-30)28-13-11-27(12-14-28)18-15-16(22)6-7-17(18)23/h6-7,15H,2-5,8-14H2,1H3,(H,24,25). The highest BCUT2D eigenvalue weighted by Crippen LogP contribution is 2.22. The summed E-state index contributed by atoms with van der Waals surface area (Å²) >= 11 is 0. The monoisotopic (exact) mass is 433 g/mol. The number of aromatic nitrogens is 3. The van der Waals surface area contributed by atoms with Gasteiger partial charge in [0.1, 0.15) is 17.5 Å². The highest BCUT2D eigenvalue weighted by molar-refractivity contribution is 5.80. The summed E-state index contributed by atoms with van der Waals surface area (Å²) in [6, 6.07) is 3.54. The van der Waals surface area contributed by atoms with E-state index < -0.39 is 11.6 Å². The molecule has 1 N–H and O–H groups in total. The van der Waals surface area contributed by atoms with Gasteiger partial charge in [-0.1, -0.05) is 0 Å². The lowest BCUT2D eigenvalue weighted by Crippen LogP contribution is -2.53. The summed E-state index contributed by atoms with van der Waals surface area (Å²) in [6.07, 6.45) is 3.76. The van der Waals surface area contributed by atoms with E-state index >= 15 is 0 Å². The molecule has 2 aliphatic rings. The van der Waals surface area contributed by atoms with Gasteiger partial charge in [-0.25, -0.2) is 18.3 Å². The second-order valence-electron chi connectivity index (χ2n) is 7.93. The summed E-state index contributed by atoms with van der Waals surface area (Å²) in [6.45, 7) is 4.47. The number of guanidine groups is 1. The smallest absolute Gasteiger partial charge is 0.345 e. The van der Waals surface area contributed by atoms with E-state index in [9.17, 15) is 13.6 Å². The van der Waals surface area contributed by atoms with Gasteiger partial charge >= 0.3 is 5.69 Å². The van der Waals surface area contributed by atoms with Crippen LogP contribution >= 0.6 is 0 Å². The topological polar surface area (TPSA) is 70.7 Å². The Morgan fingerprint density at radius 1 is 1.16 bits per heavy atom. The third-order valence-electron chi connectivity index (χ3n) is 5.90. The van der Waals surface area contributed by atoms with Crippen LogP contribution in [0, 0.1) is 11.6 Å². The molecule has 0 unspecified atom stereocenters. The van der Waals surface area contributed by atoms with Crippen LogP contribution in [0.4, 0.5) is 14.5 Å². The molecular formula is C21H29F2N7O. The number of rotatable bonds is 5. The molecular weight excluding hydrogens is 404 g/mol. The van der Waals surface area contributed by atoms with Crippen molar-refractivity contribution in [3.63, 3.8) is 0 Å². The summed E-state index contributed by atoms with van der Waals surface area (Å²) in [5, 5.41) is 7.80. The molecule has 31 heavy (non-hydrogen) atoms. The Kier molecular flexibility index (Phi) is 6.53. The van der Waals surface area contributed by atoms with Crippen LogP contribution in [0.5, 0.6) is 0 Å². The molecule has 10 heteroatoms. The second-order valence-corrected chi connectivity index (χ2v) is 7.93. The Morgan fingerprint density at radius 3 is 2.71 bits per heavy atom. The molecule has 0 radical (unpaired) electrons. The number of nitrogens with zero attached hydrogens (tertiary/aromatic N) is 6. The van der Waals surface area contributed by atoms with Crippen LogP contribution < -0.4 is 15.9 Å². The van der Waals surface area contributed by atoms with Crippen molar-refractivity contribution in [3.05, 3.63) is 46.1 Å². The van der Waals surface area contributed by atoms with Gasteiger partial charge in [-0.05, 0) is 31.4 Å². The van der Waals surface area contributed by atoms with E-state index in [1.165, 1.54) is 12.1 Å². The Labute approximate surface area is 180 Å². The predicted molar refractivity (Wildman–Crippen MR) is 116 cm³/mol. The molecule has 2 aromatic rings. The van der Waals surface area contributed by atoms with E-state index in [0.717, 1.165) is 50.1 Å². The molecule has 3 heterocycles. The zero-order chi connectivity index (χ0) is 21.8. The quantitative estimate of drug-likeness (QED) is 0.439. The van der Waals surface area contributed by atoms with Gasteiger partial charge < -0.3 is 15.1 Å². The summed E-state index contributed by atoms with van der Waals surface area (Å²) in [5.74, 6) is 0.825. The molecule has 1 saturated heterocycles. The van der Waals surface area contributed by atoms with Crippen LogP contribution in [0.3, 0.4) is 0 Å². The van der Waals surface area contributed by atoms with Crippen LogP contribution in [0.15, 0.2) is 28.0 Å². The van der Waals surface area contributed by atoms with Gasteiger partial charge in [0.25, 0.3) is 0 Å². The van der Waals surface area contributed by atoms with Crippen LogP contribution in [-0.2, 0) is 19.5 Å². The van der Waals surface area contributed by atoms with Gasteiger partial charge in [-0.15, -0.1) is 0 Å². The van der Waals surface area contributed by atoms with E-state index in [1.807, 2.05) is 4.90 Å². The number of hydrogen-bond donors (Lipinski definition) is 1. The summed E-state index contributed by atoms with van der Waals surface area (Å²) in [5.41, 5.74) is 0.288. The number of fused-ring (bicyclic) bond motifs is 1. The third-order valence-corrected chi connectivity index (χ3v) is 5.90. The fourth-order valence-electron chi connectivity index (χ4n) is 4.24. The van der Waals surface area contributed by atoms with Gasteiger partial charge in [0.05, 0.1) is 5.69 Å². The van der Waals surface area contributed by atoms with Gasteiger partial charge in [0, 0.05) is 65.3 Å². The lowest BCUT2D eigenvalue weighted by atomic mass is 10.2. The number of nitrogens with one attached hydrogen (secondary N) is 1. The molecule has 0 aliphatic carbocycles. The molecule has 2 aliphatic heterocycles. The van der Waals surface area contributed by atoms with Crippen LogP contribution in [0.2, 0.25) is 0 Å². The zero-order valence-electron chi connectivity index (χ0n) is 17.9. The Hall–Kier alpha value is -2.91. The van der Waals surface area contributed by atoms with Gasteiger partial charge in [-0.3, -0.25) is 9.56 Å². The Morgan fingerprint density at radius 2 is 1.97 bits per heavy atom. The lowest BCUT2D eigenvalue weighted by molar-refractivity contribution is 0.369. The average molecular weight is 434 g/mol. The minimum atomic E-state index is -0.436. The molecule has 1 fully saturated rings. The van der Waals surface area contributed by atoms with Crippen molar-refractivity contribution in [2.24, 2.45) is 4.99 Å². The first-order chi connectivity index (χ1) is 15.1. The van der Waals surface area contributed by atoms with Crippen LogP contribution in [0.1, 0.15) is 25.1 Å². The van der Waals surface area contributed by atoms with Gasteiger partial charge in [-0.2, -0.15) is 5.10 Å². The Bertz CT molecular complexity index is 992. The van der Waals surface area contributed by atoms with Crippen LogP contribution in [0.25, 0.3) is 0 Å². The van der Waals surface area contributed by atoms with Crippen molar-refractivity contribution in [3.8, 4) is 0 Å². The van der Waals surface area contributed by atoms with E-state index in [4.69, 9.17) is 0 Å². The van der Waals surface area contributed by atoms with E-state index in [0.29, 0.717) is 45.0 Å². The SMILES string of the molecule is CN=C(NCCCn1nc2n(c1=O)CCCC2)N1CCN(c2cc(F)ccc2F)CC1. The van der Waals surface area contributed by atoms with E-state index in [1.54, 1.807) is 16.3 Å². The second kappa shape index (κ2) is 9.49. The first kappa shape index (κ1) is 21.3. The summed E-state index contributed by atoms with van der Waals surface area (Å²) < 4.78 is 30.9. The fraction of sp³-hybridized carbons (Fsp3) is 0.571. The molecule has 0 spiro atoms. The Balaban J connectivity index is 1.25. The molecule has 1 aromatic heterocycles. The molecule has 8 nitrogen and oxygen atoms in total. The molecule has 0 atom stereocenters. The van der Waals surface area contributed by atoms with E-state index in [2.05, 4.69) is 20.3 Å². The molecule has 0 bridgehead atoms. The largest absolute Gasteiger partial charge is 0.366 e. The number of hydrogen-bond acceptors (Lipinski definition) is 4. The summed E-state index contributed by atoms with van der Waals surface area (Å²) in [7, 11) is 1.73. The number of aliphatic imine (C=N–C) groups is 1. The van der Waals surface area contributed by atoms with Crippen molar-refractivity contribution in [1.82, 2.24) is 24.6 Å². The molecule has 168 valence electrons. The first-order valence-electron chi connectivity index (χ1n) is 10.9. The molecule has 0 saturated carbocycles. The number of anilines is 1. The van der Waals surface area contributed by atoms with Crippen LogP contribution in [-0.4, -0.2) is 65.0 Å². The molecule has 4 rings (SSSR count). The minimum absolute atomic E-state index is 0.0141. The maximum atomic E-state index is 14.0. The normalized spacial score (nSPS) is 17.1. The van der Waals surface area contributed by atoms with Crippen molar-refractivity contribution in [2.75, 3.05) is 44.7 Å². The highest BCUT2D eigenvalue weighted by atomic mass is 19.1. The van der Waals surface area contributed by atoms with Crippen molar-refractivity contribution >= 4 is 11.6 Å². The molecule has 0 amide bonds. The number of benzene rings is 1. The van der Waals surface area contributed by atoms with Crippen molar-refractivity contribution < 1.29 is 8.78 Å². The van der Waals surface area contributed by atoms with Crippen molar-refractivity contribution in [2.45, 2.75) is 38.8 Å². The molecule has 1 aromatic carbocycles. The lowest BCUT2D eigenvalue weighted by Gasteiger charge is -2.37. The van der Waals surface area contributed by atoms with E-state index in [-0.39, 0.29) is 5.69 Å².